The number of amides is 2. The van der Waals surface area contributed by atoms with Gasteiger partial charge in [0.15, 0.2) is 11.5 Å². The molecule has 0 spiro atoms. The number of methoxy groups -OCH3 is 1. The molecule has 2 N–H and O–H groups in total. The van der Waals surface area contributed by atoms with Crippen LogP contribution in [0.1, 0.15) is 22.8 Å². The average Bonchev–Trinajstić information content (AvgIpc) is 2.70. The van der Waals surface area contributed by atoms with E-state index < -0.39 is 11.7 Å². The van der Waals surface area contributed by atoms with Gasteiger partial charge in [-0.25, -0.2) is 4.39 Å². The largest absolute Gasteiger partial charge is 0.493 e. The van der Waals surface area contributed by atoms with E-state index in [0.29, 0.717) is 18.1 Å². The molecule has 28 heavy (non-hydrogen) atoms. The van der Waals surface area contributed by atoms with Gasteiger partial charge in [-0.2, -0.15) is 0 Å². The third kappa shape index (κ3) is 6.12. The van der Waals surface area contributed by atoms with Crippen LogP contribution in [0.15, 0.2) is 48.5 Å². The number of carbonyl (C=O) groups excluding carboxylic acids is 2. The molecule has 0 bridgehead atoms. The van der Waals surface area contributed by atoms with Gasteiger partial charge in [0.2, 0.25) is 5.91 Å². The summed E-state index contributed by atoms with van der Waals surface area (Å²) in [5, 5.41) is 5.20. The topological polar surface area (TPSA) is 76.7 Å². The average molecular weight is 386 g/mol. The maximum absolute atomic E-state index is 13.5. The van der Waals surface area contributed by atoms with Crippen LogP contribution in [0.25, 0.3) is 6.08 Å². The van der Waals surface area contributed by atoms with E-state index in [1.54, 1.807) is 37.5 Å². The maximum atomic E-state index is 13.5. The summed E-state index contributed by atoms with van der Waals surface area (Å²) in [6.45, 7) is 2.78. The van der Waals surface area contributed by atoms with Crippen LogP contribution in [0, 0.1) is 5.82 Å². The first kappa shape index (κ1) is 21.0. The number of hydrogen-bond acceptors (Lipinski definition) is 4. The van der Waals surface area contributed by atoms with E-state index >= 15 is 0 Å². The molecule has 2 aromatic rings. The molecule has 0 saturated carbocycles. The molecular formula is C21H23FN2O4. The number of carbonyl (C=O) groups is 2. The van der Waals surface area contributed by atoms with Gasteiger partial charge < -0.3 is 20.1 Å². The van der Waals surface area contributed by atoms with E-state index in [0.717, 1.165) is 5.56 Å². The lowest BCUT2D eigenvalue weighted by Gasteiger charge is -2.09. The molecule has 7 heteroatoms. The Bertz CT molecular complexity index is 852. The van der Waals surface area contributed by atoms with Crippen LogP contribution in [-0.4, -0.2) is 38.6 Å². The molecule has 0 aliphatic carbocycles. The highest BCUT2D eigenvalue weighted by molar-refractivity contribution is 5.94. The van der Waals surface area contributed by atoms with E-state index in [2.05, 4.69) is 10.6 Å². The first-order chi connectivity index (χ1) is 13.5. The quantitative estimate of drug-likeness (QED) is 0.513. The summed E-state index contributed by atoms with van der Waals surface area (Å²) in [6.07, 6.45) is 3.03. The SMILES string of the molecule is CCOc1cc(C=CC(=O)NCCNC(=O)c2ccccc2F)ccc1OC. The molecule has 148 valence electrons. The second kappa shape index (κ2) is 10.7. The zero-order valence-corrected chi connectivity index (χ0v) is 15.8. The minimum absolute atomic E-state index is 0.0293. The van der Waals surface area contributed by atoms with Gasteiger partial charge in [-0.05, 0) is 42.8 Å². The van der Waals surface area contributed by atoms with Crippen LogP contribution in [0.5, 0.6) is 11.5 Å². The Morgan fingerprint density at radius 2 is 1.82 bits per heavy atom. The summed E-state index contributed by atoms with van der Waals surface area (Å²) in [5.41, 5.74) is 0.755. The molecule has 0 aliphatic rings. The Kier molecular flexibility index (Phi) is 8.02. The lowest BCUT2D eigenvalue weighted by Crippen LogP contribution is -2.34. The van der Waals surface area contributed by atoms with Crippen LogP contribution in [0.2, 0.25) is 0 Å². The fourth-order valence-electron chi connectivity index (χ4n) is 2.40. The zero-order chi connectivity index (χ0) is 20.4. The standard InChI is InChI=1S/C21H23FN2O4/c1-3-28-19-14-15(8-10-18(19)27-2)9-11-20(25)23-12-13-24-21(26)16-6-4-5-7-17(16)22/h4-11,14H,3,12-13H2,1-2H3,(H,23,25)(H,24,26). The van der Waals surface area contributed by atoms with Crippen molar-refractivity contribution in [1.29, 1.82) is 0 Å². The Morgan fingerprint density at radius 1 is 1.07 bits per heavy atom. The summed E-state index contributed by atoms with van der Waals surface area (Å²) < 4.78 is 24.2. The van der Waals surface area contributed by atoms with Gasteiger partial charge in [0.25, 0.3) is 5.91 Å². The van der Waals surface area contributed by atoms with Crippen LogP contribution in [-0.2, 0) is 4.79 Å². The van der Waals surface area contributed by atoms with Crippen molar-refractivity contribution in [2.24, 2.45) is 0 Å². The van der Waals surface area contributed by atoms with Gasteiger partial charge in [-0.15, -0.1) is 0 Å². The molecule has 0 fully saturated rings. The van der Waals surface area contributed by atoms with Crippen molar-refractivity contribution >= 4 is 17.9 Å². The van der Waals surface area contributed by atoms with Crippen LogP contribution >= 0.6 is 0 Å². The number of hydrogen-bond donors (Lipinski definition) is 2. The van der Waals surface area contributed by atoms with Gasteiger partial charge in [0.05, 0.1) is 19.3 Å². The summed E-state index contributed by atoms with van der Waals surface area (Å²) in [5.74, 6) is -0.200. The number of nitrogens with one attached hydrogen (secondary N) is 2. The highest BCUT2D eigenvalue weighted by Gasteiger charge is 2.09. The summed E-state index contributed by atoms with van der Waals surface area (Å²) in [6, 6.07) is 11.1. The molecule has 2 amide bonds. The third-order valence-corrected chi connectivity index (χ3v) is 3.74. The third-order valence-electron chi connectivity index (χ3n) is 3.74. The molecule has 6 nitrogen and oxygen atoms in total. The smallest absolute Gasteiger partial charge is 0.254 e. The number of halogens is 1. The van der Waals surface area contributed by atoms with Crippen molar-refractivity contribution in [2.45, 2.75) is 6.92 Å². The Hall–Kier alpha value is -3.35. The van der Waals surface area contributed by atoms with Gasteiger partial charge >= 0.3 is 0 Å². The van der Waals surface area contributed by atoms with Crippen LogP contribution < -0.4 is 20.1 Å². The van der Waals surface area contributed by atoms with E-state index in [1.165, 1.54) is 24.3 Å². The molecule has 0 saturated heterocycles. The molecule has 0 atom stereocenters. The predicted molar refractivity (Wildman–Crippen MR) is 105 cm³/mol. The first-order valence-corrected chi connectivity index (χ1v) is 8.84. The van der Waals surface area contributed by atoms with Crippen molar-refractivity contribution in [3.63, 3.8) is 0 Å². The van der Waals surface area contributed by atoms with E-state index in [-0.39, 0.29) is 24.6 Å². The highest BCUT2D eigenvalue weighted by Crippen LogP contribution is 2.28. The van der Waals surface area contributed by atoms with Crippen molar-refractivity contribution < 1.29 is 23.5 Å². The second-order valence-electron chi connectivity index (χ2n) is 5.70. The molecule has 2 rings (SSSR count). The van der Waals surface area contributed by atoms with Crippen LogP contribution in [0.3, 0.4) is 0 Å². The number of rotatable bonds is 9. The molecule has 0 radical (unpaired) electrons. The highest BCUT2D eigenvalue weighted by atomic mass is 19.1. The Morgan fingerprint density at radius 3 is 2.54 bits per heavy atom. The van der Waals surface area contributed by atoms with Crippen molar-refractivity contribution in [3.8, 4) is 11.5 Å². The van der Waals surface area contributed by atoms with E-state index in [1.807, 2.05) is 6.92 Å². The fraction of sp³-hybridized carbons (Fsp3) is 0.238. The predicted octanol–water partition coefficient (Wildman–Crippen LogP) is 2.79. The monoisotopic (exact) mass is 386 g/mol. The normalized spacial score (nSPS) is 10.5. The van der Waals surface area contributed by atoms with Gasteiger partial charge in [-0.1, -0.05) is 18.2 Å². The van der Waals surface area contributed by atoms with Crippen molar-refractivity contribution in [2.75, 3.05) is 26.8 Å². The first-order valence-electron chi connectivity index (χ1n) is 8.84. The minimum atomic E-state index is -0.585. The summed E-state index contributed by atoms with van der Waals surface area (Å²) in [7, 11) is 1.56. The molecular weight excluding hydrogens is 363 g/mol. The molecule has 0 heterocycles. The lowest BCUT2D eigenvalue weighted by atomic mass is 10.2. The van der Waals surface area contributed by atoms with Gasteiger partial charge in [0.1, 0.15) is 5.82 Å². The summed E-state index contributed by atoms with van der Waals surface area (Å²) >= 11 is 0. The number of ether oxygens (including phenoxy) is 2. The van der Waals surface area contributed by atoms with Gasteiger partial charge in [-0.3, -0.25) is 9.59 Å². The number of benzene rings is 2. The van der Waals surface area contributed by atoms with E-state index in [9.17, 15) is 14.0 Å². The second-order valence-corrected chi connectivity index (χ2v) is 5.70. The Balaban J connectivity index is 1.80. The lowest BCUT2D eigenvalue weighted by molar-refractivity contribution is -0.116. The molecule has 0 unspecified atom stereocenters. The molecule has 0 aliphatic heterocycles. The molecule has 0 aromatic heterocycles. The fourth-order valence-corrected chi connectivity index (χ4v) is 2.40. The van der Waals surface area contributed by atoms with Crippen LogP contribution in [0.4, 0.5) is 4.39 Å². The van der Waals surface area contributed by atoms with Gasteiger partial charge in [0, 0.05) is 19.2 Å². The maximum Gasteiger partial charge on any atom is 0.254 e. The van der Waals surface area contributed by atoms with E-state index in [4.69, 9.17) is 9.47 Å². The van der Waals surface area contributed by atoms with Crippen molar-refractivity contribution in [3.05, 3.63) is 65.5 Å². The van der Waals surface area contributed by atoms with Crippen molar-refractivity contribution in [1.82, 2.24) is 10.6 Å². The zero-order valence-electron chi connectivity index (χ0n) is 15.8. The Labute approximate surface area is 163 Å². The molecule has 2 aromatic carbocycles. The summed E-state index contributed by atoms with van der Waals surface area (Å²) in [4.78, 5) is 23.8. The minimum Gasteiger partial charge on any atom is -0.493 e.